The molecule has 158 valence electrons. The first-order valence-electron chi connectivity index (χ1n) is 8.90. The van der Waals surface area contributed by atoms with E-state index in [0.29, 0.717) is 11.7 Å². The van der Waals surface area contributed by atoms with Crippen molar-refractivity contribution in [2.75, 3.05) is 12.8 Å². The van der Waals surface area contributed by atoms with Crippen LogP contribution in [0.15, 0.2) is 39.0 Å². The van der Waals surface area contributed by atoms with E-state index in [4.69, 9.17) is 10.5 Å². The van der Waals surface area contributed by atoms with Gasteiger partial charge in [-0.05, 0) is 35.0 Å². The number of nitrogen functional groups attached to an aromatic ring is 1. The van der Waals surface area contributed by atoms with Crippen LogP contribution in [0.25, 0.3) is 0 Å². The number of ketones is 1. The van der Waals surface area contributed by atoms with Gasteiger partial charge in [0.25, 0.3) is 5.56 Å². The number of nitrogens with two attached hydrogens (primary N) is 1. The molecule has 3 rings (SSSR count). The van der Waals surface area contributed by atoms with Gasteiger partial charge in [-0.3, -0.25) is 18.7 Å². The van der Waals surface area contributed by atoms with Crippen molar-refractivity contribution in [1.29, 1.82) is 0 Å². The number of thioether (sulfide) groups is 1. The Bertz CT molecular complexity index is 1200. The van der Waals surface area contributed by atoms with Crippen molar-refractivity contribution in [1.82, 2.24) is 29.3 Å². The van der Waals surface area contributed by atoms with E-state index in [9.17, 15) is 14.4 Å². The molecule has 0 aliphatic carbocycles. The molecule has 12 heteroatoms. The summed E-state index contributed by atoms with van der Waals surface area (Å²) in [6.45, 7) is 2.02. The number of benzene rings is 1. The average Bonchev–Trinajstić information content (AvgIpc) is 3.17. The minimum Gasteiger partial charge on any atom is -0.497 e. The lowest BCUT2D eigenvalue weighted by Gasteiger charge is -2.14. The summed E-state index contributed by atoms with van der Waals surface area (Å²) in [4.78, 5) is 37.4. The van der Waals surface area contributed by atoms with Crippen molar-refractivity contribution in [3.8, 4) is 5.75 Å². The quantitative estimate of drug-likeness (QED) is 0.406. The Labute approximate surface area is 175 Å². The maximum Gasteiger partial charge on any atom is 0.332 e. The zero-order valence-electron chi connectivity index (χ0n) is 16.9. The molecule has 1 unspecified atom stereocenters. The van der Waals surface area contributed by atoms with Crippen LogP contribution < -0.4 is 21.7 Å². The van der Waals surface area contributed by atoms with E-state index in [0.717, 1.165) is 32.2 Å². The molecule has 0 amide bonds. The summed E-state index contributed by atoms with van der Waals surface area (Å²) in [5.74, 6) is 0.0618. The number of hydrogen-bond donors (Lipinski definition) is 1. The zero-order chi connectivity index (χ0) is 22.0. The summed E-state index contributed by atoms with van der Waals surface area (Å²) in [5.41, 5.74) is 5.27. The number of rotatable bonds is 7. The standard InChI is InChI=1S/C18H21N7O4S/c1-10(14(26)13-15(19)23(2)18(28)24(3)16(13)27)30-17-20-21-22-25(17)9-11-5-7-12(29-4)8-6-11/h5-8,10H,9,19H2,1-4H3. The summed E-state index contributed by atoms with van der Waals surface area (Å²) >= 11 is 1.10. The lowest BCUT2D eigenvalue weighted by atomic mass is 10.1. The number of nitrogens with zero attached hydrogens (tertiary/aromatic N) is 6. The minimum absolute atomic E-state index is 0.168. The van der Waals surface area contributed by atoms with E-state index in [1.54, 1.807) is 18.7 Å². The number of Topliss-reactive ketones (excluding diaryl/α,β-unsaturated/α-hetero) is 1. The second-order valence-corrected chi connectivity index (χ2v) is 7.87. The predicted molar refractivity (Wildman–Crippen MR) is 111 cm³/mol. The molecule has 11 nitrogen and oxygen atoms in total. The third-order valence-corrected chi connectivity index (χ3v) is 5.67. The van der Waals surface area contributed by atoms with E-state index in [2.05, 4.69) is 15.5 Å². The number of methoxy groups -OCH3 is 1. The van der Waals surface area contributed by atoms with Crippen LogP contribution in [0.2, 0.25) is 0 Å². The summed E-state index contributed by atoms with van der Waals surface area (Å²) < 4.78 is 8.62. The lowest BCUT2D eigenvalue weighted by molar-refractivity contribution is 0.0992. The normalized spacial score (nSPS) is 12.0. The maximum atomic E-state index is 12.9. The number of hydrogen-bond acceptors (Lipinski definition) is 9. The van der Waals surface area contributed by atoms with Gasteiger partial charge in [-0.25, -0.2) is 9.48 Å². The summed E-state index contributed by atoms with van der Waals surface area (Å²) in [5, 5.41) is 11.3. The van der Waals surface area contributed by atoms with E-state index < -0.39 is 22.3 Å². The number of aromatic nitrogens is 6. The molecule has 30 heavy (non-hydrogen) atoms. The van der Waals surface area contributed by atoms with E-state index >= 15 is 0 Å². The Morgan fingerprint density at radius 2 is 1.87 bits per heavy atom. The van der Waals surface area contributed by atoms with Gasteiger partial charge in [-0.15, -0.1) is 5.10 Å². The molecular weight excluding hydrogens is 410 g/mol. The molecule has 3 aromatic rings. The van der Waals surface area contributed by atoms with Gasteiger partial charge in [0.05, 0.1) is 18.9 Å². The van der Waals surface area contributed by atoms with Crippen molar-refractivity contribution < 1.29 is 9.53 Å². The van der Waals surface area contributed by atoms with E-state index in [1.807, 2.05) is 24.3 Å². The highest BCUT2D eigenvalue weighted by Gasteiger charge is 2.27. The minimum atomic E-state index is -0.731. The van der Waals surface area contributed by atoms with Crippen LogP contribution in [0.4, 0.5) is 5.82 Å². The first kappa shape index (κ1) is 21.3. The SMILES string of the molecule is COc1ccc(Cn2nnnc2SC(C)C(=O)c2c(N)n(C)c(=O)n(C)c2=O)cc1. The molecule has 2 heterocycles. The van der Waals surface area contributed by atoms with Gasteiger partial charge in [0.1, 0.15) is 17.1 Å². The first-order valence-corrected chi connectivity index (χ1v) is 9.78. The highest BCUT2D eigenvalue weighted by atomic mass is 32.2. The molecular formula is C18H21N7O4S. The fourth-order valence-corrected chi connectivity index (χ4v) is 3.64. The van der Waals surface area contributed by atoms with E-state index in [-0.39, 0.29) is 11.4 Å². The second kappa shape index (κ2) is 8.53. The Balaban J connectivity index is 1.83. The van der Waals surface area contributed by atoms with Crippen LogP contribution >= 0.6 is 11.8 Å². The van der Waals surface area contributed by atoms with Gasteiger partial charge in [-0.1, -0.05) is 23.9 Å². The smallest absolute Gasteiger partial charge is 0.332 e. The van der Waals surface area contributed by atoms with Crippen molar-refractivity contribution in [3.05, 3.63) is 56.2 Å². The molecule has 0 aliphatic heterocycles. The Morgan fingerprint density at radius 3 is 2.50 bits per heavy atom. The third kappa shape index (κ3) is 3.99. The van der Waals surface area contributed by atoms with E-state index in [1.165, 1.54) is 14.1 Å². The fourth-order valence-electron chi connectivity index (χ4n) is 2.79. The Kier molecular flexibility index (Phi) is 6.06. The molecule has 1 atom stereocenters. The van der Waals surface area contributed by atoms with Crippen LogP contribution in [-0.4, -0.2) is 47.5 Å². The van der Waals surface area contributed by atoms with Gasteiger partial charge >= 0.3 is 5.69 Å². The van der Waals surface area contributed by atoms with Gasteiger partial charge in [0.15, 0.2) is 5.78 Å². The van der Waals surface area contributed by atoms with Crippen LogP contribution in [0.5, 0.6) is 5.75 Å². The highest BCUT2D eigenvalue weighted by molar-refractivity contribution is 8.00. The van der Waals surface area contributed by atoms with Gasteiger partial charge in [-0.2, -0.15) is 0 Å². The van der Waals surface area contributed by atoms with Gasteiger partial charge in [0.2, 0.25) is 5.16 Å². The molecule has 0 saturated heterocycles. The summed E-state index contributed by atoms with van der Waals surface area (Å²) in [6.07, 6.45) is 0. The van der Waals surface area contributed by atoms with Crippen molar-refractivity contribution >= 4 is 23.4 Å². The monoisotopic (exact) mass is 431 g/mol. The number of ether oxygens (including phenoxy) is 1. The Morgan fingerprint density at radius 1 is 1.20 bits per heavy atom. The van der Waals surface area contributed by atoms with Crippen LogP contribution in [0, 0.1) is 0 Å². The Hall–Kier alpha value is -3.41. The molecule has 0 saturated carbocycles. The number of anilines is 1. The largest absolute Gasteiger partial charge is 0.497 e. The van der Waals surface area contributed by atoms with Gasteiger partial charge < -0.3 is 10.5 Å². The fraction of sp³-hybridized carbons (Fsp3) is 0.333. The van der Waals surface area contributed by atoms with Crippen LogP contribution in [0.1, 0.15) is 22.8 Å². The van der Waals surface area contributed by atoms with Crippen LogP contribution in [-0.2, 0) is 20.6 Å². The molecule has 0 radical (unpaired) electrons. The van der Waals surface area contributed by atoms with Gasteiger partial charge in [0, 0.05) is 14.1 Å². The van der Waals surface area contributed by atoms with Crippen molar-refractivity contribution in [2.45, 2.75) is 23.9 Å². The summed E-state index contributed by atoms with van der Waals surface area (Å²) in [6, 6.07) is 7.44. The molecule has 2 aromatic heterocycles. The van der Waals surface area contributed by atoms with Crippen LogP contribution in [0.3, 0.4) is 0 Å². The summed E-state index contributed by atoms with van der Waals surface area (Å²) in [7, 11) is 4.30. The second-order valence-electron chi connectivity index (χ2n) is 6.56. The molecule has 0 fully saturated rings. The molecule has 2 N–H and O–H groups in total. The third-order valence-electron chi connectivity index (χ3n) is 4.60. The highest BCUT2D eigenvalue weighted by Crippen LogP contribution is 2.24. The molecule has 1 aromatic carbocycles. The number of carbonyl (C=O) groups excluding carboxylic acids is 1. The van der Waals surface area contributed by atoms with Crippen molar-refractivity contribution in [2.24, 2.45) is 14.1 Å². The zero-order valence-corrected chi connectivity index (χ0v) is 17.7. The molecule has 0 bridgehead atoms. The molecule has 0 spiro atoms. The number of tetrazole rings is 1. The average molecular weight is 431 g/mol. The number of carbonyl (C=O) groups is 1. The first-order chi connectivity index (χ1) is 14.2. The topological polar surface area (TPSA) is 140 Å². The maximum absolute atomic E-state index is 12.9. The predicted octanol–water partition coefficient (Wildman–Crippen LogP) is 0.0731. The lowest BCUT2D eigenvalue weighted by Crippen LogP contribution is -2.42. The molecule has 0 aliphatic rings. The van der Waals surface area contributed by atoms with Crippen molar-refractivity contribution in [3.63, 3.8) is 0 Å².